The molecule has 3 unspecified atom stereocenters. The first-order valence-corrected chi connectivity index (χ1v) is 12.4. The molecular formula is C28H32N2O5. The molecule has 2 aromatic rings. The summed E-state index contributed by atoms with van der Waals surface area (Å²) in [6, 6.07) is 10.3. The second-order valence-corrected chi connectivity index (χ2v) is 9.84. The van der Waals surface area contributed by atoms with E-state index < -0.39 is 6.04 Å². The van der Waals surface area contributed by atoms with E-state index in [1.54, 1.807) is 38.5 Å². The molecule has 7 heteroatoms. The molecule has 3 atom stereocenters. The number of carbonyl (C=O) groups excluding carboxylic acids is 3. The average molecular weight is 477 g/mol. The van der Waals surface area contributed by atoms with Gasteiger partial charge in [-0.05, 0) is 60.6 Å². The molecule has 0 saturated heterocycles. The van der Waals surface area contributed by atoms with Gasteiger partial charge in [0.05, 0.1) is 37.9 Å². The van der Waals surface area contributed by atoms with Crippen LogP contribution in [0.25, 0.3) is 0 Å². The van der Waals surface area contributed by atoms with Crippen LogP contribution in [0.3, 0.4) is 0 Å². The zero-order valence-corrected chi connectivity index (χ0v) is 20.6. The third-order valence-electron chi connectivity index (χ3n) is 7.95. The number of fused-ring (bicyclic) bond motifs is 2. The van der Waals surface area contributed by atoms with E-state index in [1.807, 2.05) is 17.0 Å². The molecular weight excluding hydrogens is 444 g/mol. The molecule has 0 spiro atoms. The summed E-state index contributed by atoms with van der Waals surface area (Å²) in [5.41, 5.74) is 2.78. The highest BCUT2D eigenvalue weighted by molar-refractivity contribution is 6.21. The Balaban J connectivity index is 1.54. The van der Waals surface area contributed by atoms with Crippen LogP contribution in [-0.4, -0.2) is 54.8 Å². The number of imide groups is 1. The summed E-state index contributed by atoms with van der Waals surface area (Å²) >= 11 is 0. The third-order valence-corrected chi connectivity index (χ3v) is 7.95. The quantitative estimate of drug-likeness (QED) is 0.603. The van der Waals surface area contributed by atoms with Crippen molar-refractivity contribution in [1.82, 2.24) is 9.80 Å². The second-order valence-electron chi connectivity index (χ2n) is 9.84. The van der Waals surface area contributed by atoms with E-state index in [1.165, 1.54) is 4.90 Å². The summed E-state index contributed by atoms with van der Waals surface area (Å²) in [4.78, 5) is 43.5. The molecule has 3 aliphatic rings. The Hall–Kier alpha value is -3.35. The second kappa shape index (κ2) is 9.36. The van der Waals surface area contributed by atoms with Crippen LogP contribution in [-0.2, 0) is 11.2 Å². The number of rotatable bonds is 5. The number of benzene rings is 2. The number of hydrogen-bond donors (Lipinski definition) is 0. The maximum absolute atomic E-state index is 13.9. The van der Waals surface area contributed by atoms with Crippen LogP contribution in [0.2, 0.25) is 0 Å². The molecule has 2 aliphatic heterocycles. The molecule has 184 valence electrons. The van der Waals surface area contributed by atoms with Crippen LogP contribution >= 0.6 is 0 Å². The minimum atomic E-state index is -0.442. The molecule has 5 rings (SSSR count). The van der Waals surface area contributed by atoms with Crippen molar-refractivity contribution in [3.63, 3.8) is 0 Å². The summed E-state index contributed by atoms with van der Waals surface area (Å²) in [5.74, 6) is 0.996. The predicted octanol–water partition coefficient (Wildman–Crippen LogP) is 4.25. The van der Waals surface area contributed by atoms with Gasteiger partial charge in [-0.25, -0.2) is 0 Å². The lowest BCUT2D eigenvalue weighted by Crippen LogP contribution is -2.49. The van der Waals surface area contributed by atoms with E-state index in [2.05, 4.69) is 6.92 Å². The van der Waals surface area contributed by atoms with Gasteiger partial charge in [0.1, 0.15) is 0 Å². The monoisotopic (exact) mass is 476 g/mol. The molecule has 0 bridgehead atoms. The van der Waals surface area contributed by atoms with Gasteiger partial charge < -0.3 is 14.4 Å². The van der Waals surface area contributed by atoms with Crippen molar-refractivity contribution in [2.45, 2.75) is 45.1 Å². The molecule has 0 radical (unpaired) electrons. The Morgan fingerprint density at radius 2 is 1.60 bits per heavy atom. The minimum absolute atomic E-state index is 0.0323. The van der Waals surface area contributed by atoms with E-state index >= 15 is 0 Å². The molecule has 2 aromatic carbocycles. The van der Waals surface area contributed by atoms with Crippen LogP contribution < -0.4 is 9.47 Å². The molecule has 1 aliphatic carbocycles. The lowest BCUT2D eigenvalue weighted by atomic mass is 9.78. The van der Waals surface area contributed by atoms with Crippen molar-refractivity contribution in [2.24, 2.45) is 11.8 Å². The standard InChI is InChI=1S/C28H32N2O5/c1-17-8-4-5-9-19(17)26(31)29-13-12-18-14-24(34-2)25(35-3)15-22(18)23(29)16-30-27(32)20-10-6-7-11-21(20)28(30)33/h6-7,10-11,14-15,17,19,23H,4-5,8-9,12-13,16H2,1-3H3. The largest absolute Gasteiger partial charge is 0.493 e. The number of ether oxygens (including phenoxy) is 2. The normalized spacial score (nSPS) is 23.7. The van der Waals surface area contributed by atoms with Crippen LogP contribution in [0.5, 0.6) is 11.5 Å². The molecule has 7 nitrogen and oxygen atoms in total. The van der Waals surface area contributed by atoms with Crippen LogP contribution in [0, 0.1) is 11.8 Å². The number of carbonyl (C=O) groups is 3. The van der Waals surface area contributed by atoms with Crippen LogP contribution in [0.15, 0.2) is 36.4 Å². The lowest BCUT2D eigenvalue weighted by Gasteiger charge is -2.42. The minimum Gasteiger partial charge on any atom is -0.493 e. The maximum Gasteiger partial charge on any atom is 0.261 e. The van der Waals surface area contributed by atoms with Gasteiger partial charge in [-0.2, -0.15) is 0 Å². The van der Waals surface area contributed by atoms with Gasteiger partial charge >= 0.3 is 0 Å². The predicted molar refractivity (Wildman–Crippen MR) is 131 cm³/mol. The van der Waals surface area contributed by atoms with Gasteiger partial charge in [0.25, 0.3) is 11.8 Å². The van der Waals surface area contributed by atoms with E-state index in [-0.39, 0.29) is 30.2 Å². The van der Waals surface area contributed by atoms with Gasteiger partial charge in [0.15, 0.2) is 11.5 Å². The summed E-state index contributed by atoms with van der Waals surface area (Å²) in [6.45, 7) is 2.81. The highest BCUT2D eigenvalue weighted by atomic mass is 16.5. The van der Waals surface area contributed by atoms with Gasteiger partial charge in [-0.1, -0.05) is 31.9 Å². The van der Waals surface area contributed by atoms with Gasteiger partial charge in [-0.15, -0.1) is 0 Å². The number of amides is 3. The Morgan fingerprint density at radius 1 is 0.971 bits per heavy atom. The Morgan fingerprint density at radius 3 is 2.23 bits per heavy atom. The number of nitrogens with zero attached hydrogens (tertiary/aromatic N) is 2. The highest BCUT2D eigenvalue weighted by Gasteiger charge is 2.42. The van der Waals surface area contributed by atoms with Crippen molar-refractivity contribution < 1.29 is 23.9 Å². The fourth-order valence-corrected chi connectivity index (χ4v) is 5.96. The highest BCUT2D eigenvalue weighted by Crippen LogP contribution is 2.41. The van der Waals surface area contributed by atoms with Crippen LogP contribution in [0.4, 0.5) is 0 Å². The van der Waals surface area contributed by atoms with Crippen molar-refractivity contribution >= 4 is 17.7 Å². The molecule has 3 amide bonds. The SMILES string of the molecule is COc1cc2c(cc1OC)C(CN1C(=O)c3ccccc3C1=O)N(C(=O)C1CCCCC1C)CC2. The summed E-state index contributed by atoms with van der Waals surface area (Å²) in [5, 5.41) is 0. The fraction of sp³-hybridized carbons (Fsp3) is 0.464. The molecule has 35 heavy (non-hydrogen) atoms. The van der Waals surface area contributed by atoms with Crippen molar-refractivity contribution in [1.29, 1.82) is 0 Å². The Labute approximate surface area is 206 Å². The molecule has 2 heterocycles. The zero-order chi connectivity index (χ0) is 24.7. The maximum atomic E-state index is 13.9. The van der Waals surface area contributed by atoms with Crippen molar-refractivity contribution in [3.8, 4) is 11.5 Å². The Bertz CT molecular complexity index is 1140. The molecule has 0 N–H and O–H groups in total. The van der Waals surface area contributed by atoms with E-state index in [0.717, 1.165) is 36.8 Å². The zero-order valence-electron chi connectivity index (χ0n) is 20.6. The number of methoxy groups -OCH3 is 2. The van der Waals surface area contributed by atoms with Gasteiger partial charge in [-0.3, -0.25) is 19.3 Å². The van der Waals surface area contributed by atoms with E-state index in [9.17, 15) is 14.4 Å². The first-order valence-electron chi connectivity index (χ1n) is 12.4. The van der Waals surface area contributed by atoms with Gasteiger partial charge in [0.2, 0.25) is 5.91 Å². The van der Waals surface area contributed by atoms with Crippen molar-refractivity contribution in [2.75, 3.05) is 27.3 Å². The topological polar surface area (TPSA) is 76.2 Å². The summed E-state index contributed by atoms with van der Waals surface area (Å²) in [7, 11) is 3.18. The van der Waals surface area contributed by atoms with Crippen molar-refractivity contribution in [3.05, 3.63) is 58.7 Å². The smallest absolute Gasteiger partial charge is 0.261 e. The number of hydrogen-bond acceptors (Lipinski definition) is 5. The molecule has 1 fully saturated rings. The first kappa shape index (κ1) is 23.4. The van der Waals surface area contributed by atoms with Crippen LogP contribution in [0.1, 0.15) is 70.5 Å². The Kier molecular flexibility index (Phi) is 6.26. The fourth-order valence-electron chi connectivity index (χ4n) is 5.96. The third kappa shape index (κ3) is 3.97. The van der Waals surface area contributed by atoms with Gasteiger partial charge in [0, 0.05) is 12.5 Å². The molecule has 0 aromatic heterocycles. The van der Waals surface area contributed by atoms with E-state index in [4.69, 9.17) is 9.47 Å². The lowest BCUT2D eigenvalue weighted by molar-refractivity contribution is -0.141. The molecule has 1 saturated carbocycles. The average Bonchev–Trinajstić information content (AvgIpc) is 3.12. The summed E-state index contributed by atoms with van der Waals surface area (Å²) < 4.78 is 11.1. The van der Waals surface area contributed by atoms with E-state index in [0.29, 0.717) is 41.5 Å². The summed E-state index contributed by atoms with van der Waals surface area (Å²) in [6.07, 6.45) is 4.83. The first-order chi connectivity index (χ1) is 16.9.